The molecule has 8 nitrogen and oxygen atoms in total. The minimum atomic E-state index is -0.992. The molecule has 4 atom stereocenters. The van der Waals surface area contributed by atoms with Gasteiger partial charge in [-0.15, -0.1) is 0 Å². The second-order valence-electron chi connectivity index (χ2n) is 10.7. The Hall–Kier alpha value is -2.91. The van der Waals surface area contributed by atoms with Crippen molar-refractivity contribution in [2.45, 2.75) is 71.2 Å². The van der Waals surface area contributed by atoms with Crippen molar-refractivity contribution in [3.8, 4) is 5.75 Å². The highest BCUT2D eigenvalue weighted by Gasteiger charge is 2.56. The molecule has 198 valence electrons. The maximum absolute atomic E-state index is 13.4. The Labute approximate surface area is 218 Å². The molecule has 4 rings (SSSR count). The monoisotopic (exact) mass is 509 g/mol. The number of carboxylic acids is 1. The molecule has 3 aliphatic rings. The third-order valence-electron chi connectivity index (χ3n) is 7.90. The SMILES string of the molecule is CC1=C2[C@@H](CC/C(C)=C/c3cccc(O)c3)OB(O)C[C@@H]2[C@@H]2C(=O)N(CCCCCC(=O)O)C(=O)[C@@H]2C1. The topological polar surface area (TPSA) is 124 Å². The molecule has 0 saturated carbocycles. The standard InChI is InChI=1S/C28H36BNO7/c1-17(13-19-7-6-8-20(31)15-19)10-11-23-25-18(2)14-21-26(22(25)16-29(36)37-23)28(35)30(27(21)34)12-5-3-4-9-24(32)33/h6-8,13,15,21-23,26,31,36H,3-5,9-12,14,16H2,1-2H3,(H,32,33)/b17-13+/t21-,22+,23-,26-/m1/s1. The fourth-order valence-electron chi connectivity index (χ4n) is 6.26. The zero-order valence-electron chi connectivity index (χ0n) is 21.6. The van der Waals surface area contributed by atoms with Crippen LogP contribution in [-0.4, -0.2) is 57.7 Å². The van der Waals surface area contributed by atoms with Crippen molar-refractivity contribution in [3.05, 3.63) is 46.5 Å². The minimum Gasteiger partial charge on any atom is -0.508 e. The van der Waals surface area contributed by atoms with Gasteiger partial charge in [0.15, 0.2) is 0 Å². The van der Waals surface area contributed by atoms with Crippen molar-refractivity contribution < 1.29 is 34.3 Å². The lowest BCUT2D eigenvalue weighted by molar-refractivity contribution is -0.141. The van der Waals surface area contributed by atoms with Crippen LogP contribution in [0, 0.1) is 17.8 Å². The highest BCUT2D eigenvalue weighted by Crippen LogP contribution is 2.50. The fraction of sp³-hybridized carbons (Fsp3) is 0.536. The number of nitrogens with zero attached hydrogens (tertiary/aromatic N) is 1. The van der Waals surface area contributed by atoms with E-state index in [4.69, 9.17) is 9.76 Å². The van der Waals surface area contributed by atoms with E-state index in [2.05, 4.69) is 0 Å². The molecular weight excluding hydrogens is 473 g/mol. The van der Waals surface area contributed by atoms with Gasteiger partial charge in [0, 0.05) is 13.0 Å². The number of aliphatic carboxylic acids is 1. The minimum absolute atomic E-state index is 0.0868. The summed E-state index contributed by atoms with van der Waals surface area (Å²) in [4.78, 5) is 38.7. The molecule has 2 saturated heterocycles. The smallest absolute Gasteiger partial charge is 0.455 e. The van der Waals surface area contributed by atoms with E-state index in [0.717, 1.165) is 28.7 Å². The molecule has 0 bridgehead atoms. The zero-order valence-corrected chi connectivity index (χ0v) is 21.6. The molecular formula is C28H36BNO7. The number of carbonyl (C=O) groups excluding carboxylic acids is 2. The number of fused-ring (bicyclic) bond motifs is 3. The average molecular weight is 509 g/mol. The molecule has 0 unspecified atom stereocenters. The van der Waals surface area contributed by atoms with Crippen LogP contribution in [0.2, 0.25) is 6.32 Å². The third kappa shape index (κ3) is 6.16. The van der Waals surface area contributed by atoms with Gasteiger partial charge in [0.05, 0.1) is 17.9 Å². The molecule has 2 fully saturated rings. The second kappa shape index (κ2) is 11.6. The molecule has 9 heteroatoms. The number of phenolic OH excluding ortho intramolecular Hbond substituents is 1. The number of imide groups is 1. The number of amides is 2. The van der Waals surface area contributed by atoms with E-state index < -0.39 is 24.9 Å². The van der Waals surface area contributed by atoms with Gasteiger partial charge >= 0.3 is 13.1 Å². The summed E-state index contributed by atoms with van der Waals surface area (Å²) in [5.74, 6) is -2.05. The zero-order chi connectivity index (χ0) is 26.7. The fourth-order valence-corrected chi connectivity index (χ4v) is 6.26. The van der Waals surface area contributed by atoms with Gasteiger partial charge in [0.25, 0.3) is 0 Å². The van der Waals surface area contributed by atoms with Crippen LogP contribution in [0.4, 0.5) is 0 Å². The van der Waals surface area contributed by atoms with Crippen LogP contribution < -0.4 is 0 Å². The van der Waals surface area contributed by atoms with Gasteiger partial charge in [-0.2, -0.15) is 0 Å². The maximum Gasteiger partial charge on any atom is 0.455 e. The predicted octanol–water partition coefficient (Wildman–Crippen LogP) is 4.04. The predicted molar refractivity (Wildman–Crippen MR) is 139 cm³/mol. The summed E-state index contributed by atoms with van der Waals surface area (Å²) in [5, 5.41) is 29.1. The van der Waals surface area contributed by atoms with Crippen molar-refractivity contribution >= 4 is 31.0 Å². The highest BCUT2D eigenvalue weighted by molar-refractivity contribution is 6.43. The van der Waals surface area contributed by atoms with Crippen molar-refractivity contribution in [3.63, 3.8) is 0 Å². The van der Waals surface area contributed by atoms with Gasteiger partial charge < -0.3 is 19.9 Å². The van der Waals surface area contributed by atoms with Crippen LogP contribution in [0.1, 0.15) is 64.4 Å². The van der Waals surface area contributed by atoms with Gasteiger partial charge in [-0.25, -0.2) is 0 Å². The first-order chi connectivity index (χ1) is 17.7. The van der Waals surface area contributed by atoms with Crippen LogP contribution >= 0.6 is 0 Å². The number of rotatable bonds is 10. The number of carbonyl (C=O) groups is 3. The number of aromatic hydroxyl groups is 1. The van der Waals surface area contributed by atoms with Crippen molar-refractivity contribution in [1.82, 2.24) is 4.90 Å². The summed E-state index contributed by atoms with van der Waals surface area (Å²) in [7, 11) is -0.992. The van der Waals surface area contributed by atoms with Crippen LogP contribution in [0.25, 0.3) is 6.08 Å². The number of likely N-dealkylation sites (tertiary alicyclic amines) is 1. The van der Waals surface area contributed by atoms with Crippen LogP contribution in [-0.2, 0) is 19.0 Å². The molecule has 0 radical (unpaired) electrons. The van der Waals surface area contributed by atoms with Gasteiger partial charge in [0.2, 0.25) is 11.8 Å². The number of phenols is 1. The Morgan fingerprint density at radius 3 is 2.68 bits per heavy atom. The van der Waals surface area contributed by atoms with Gasteiger partial charge in [-0.3, -0.25) is 19.3 Å². The summed E-state index contributed by atoms with van der Waals surface area (Å²) in [6.45, 7) is 4.34. The summed E-state index contributed by atoms with van der Waals surface area (Å²) < 4.78 is 5.97. The molecule has 2 aliphatic heterocycles. The number of allylic oxidation sites excluding steroid dienone is 2. The van der Waals surface area contributed by atoms with E-state index in [9.17, 15) is 24.5 Å². The first-order valence-electron chi connectivity index (χ1n) is 13.2. The van der Waals surface area contributed by atoms with E-state index in [-0.39, 0.29) is 36.0 Å². The van der Waals surface area contributed by atoms with Crippen molar-refractivity contribution in [2.75, 3.05) is 6.54 Å². The normalized spacial score (nSPS) is 26.0. The van der Waals surface area contributed by atoms with Crippen LogP contribution in [0.3, 0.4) is 0 Å². The average Bonchev–Trinajstić information content (AvgIpc) is 3.06. The molecule has 0 spiro atoms. The summed E-state index contributed by atoms with van der Waals surface area (Å²) in [6.07, 6.45) is 5.73. The van der Waals surface area contributed by atoms with E-state index in [1.54, 1.807) is 18.2 Å². The molecule has 1 aromatic rings. The molecule has 37 heavy (non-hydrogen) atoms. The van der Waals surface area contributed by atoms with Crippen LogP contribution in [0.15, 0.2) is 41.0 Å². The maximum atomic E-state index is 13.4. The Kier molecular flexibility index (Phi) is 8.54. The summed E-state index contributed by atoms with van der Waals surface area (Å²) >= 11 is 0. The van der Waals surface area contributed by atoms with Crippen LogP contribution in [0.5, 0.6) is 5.75 Å². The van der Waals surface area contributed by atoms with E-state index >= 15 is 0 Å². The van der Waals surface area contributed by atoms with Gasteiger partial charge in [-0.05, 0) is 81.5 Å². The number of benzene rings is 1. The van der Waals surface area contributed by atoms with Crippen molar-refractivity contribution in [2.24, 2.45) is 17.8 Å². The van der Waals surface area contributed by atoms with Crippen molar-refractivity contribution in [1.29, 1.82) is 0 Å². The summed E-state index contributed by atoms with van der Waals surface area (Å²) in [6, 6.07) is 7.06. The number of hydrogen-bond donors (Lipinski definition) is 3. The lowest BCUT2D eigenvalue weighted by Gasteiger charge is -2.42. The number of hydrogen-bond acceptors (Lipinski definition) is 6. The Morgan fingerprint density at radius 1 is 1.16 bits per heavy atom. The Balaban J connectivity index is 1.44. The van der Waals surface area contributed by atoms with E-state index in [1.807, 2.05) is 26.0 Å². The molecule has 2 heterocycles. The lowest BCUT2D eigenvalue weighted by Crippen LogP contribution is -2.46. The highest BCUT2D eigenvalue weighted by atomic mass is 16.5. The molecule has 0 aromatic heterocycles. The lowest BCUT2D eigenvalue weighted by atomic mass is 9.59. The largest absolute Gasteiger partial charge is 0.508 e. The summed E-state index contributed by atoms with van der Waals surface area (Å²) in [5.41, 5.74) is 4.15. The number of unbranched alkanes of at least 4 members (excludes halogenated alkanes) is 2. The van der Waals surface area contributed by atoms with Gasteiger partial charge in [0.1, 0.15) is 5.75 Å². The molecule has 2 amide bonds. The Morgan fingerprint density at radius 2 is 1.95 bits per heavy atom. The number of carboxylic acid groups (broad SMARTS) is 1. The first-order valence-corrected chi connectivity index (χ1v) is 13.2. The molecule has 1 aliphatic carbocycles. The second-order valence-corrected chi connectivity index (χ2v) is 10.7. The molecule has 3 N–H and O–H groups in total. The molecule has 1 aromatic carbocycles. The van der Waals surface area contributed by atoms with Gasteiger partial charge in [-0.1, -0.05) is 35.8 Å². The van der Waals surface area contributed by atoms with E-state index in [0.29, 0.717) is 45.0 Å². The van der Waals surface area contributed by atoms with E-state index in [1.165, 1.54) is 4.90 Å². The Bertz CT molecular complexity index is 1110. The first kappa shape index (κ1) is 27.1. The third-order valence-corrected chi connectivity index (χ3v) is 7.90. The quantitative estimate of drug-likeness (QED) is 0.188.